The Kier molecular flexibility index (Phi) is 3.80. The van der Waals surface area contributed by atoms with E-state index in [2.05, 4.69) is 0 Å². The number of amides is 1. The van der Waals surface area contributed by atoms with Gasteiger partial charge in [-0.05, 0) is 18.2 Å². The Morgan fingerprint density at radius 3 is 2.42 bits per heavy atom. The van der Waals surface area contributed by atoms with Crippen molar-refractivity contribution in [1.82, 2.24) is 4.90 Å². The van der Waals surface area contributed by atoms with Gasteiger partial charge in [0.25, 0.3) is 5.91 Å². The minimum absolute atomic E-state index is 0.0676. The first-order valence-corrected chi connectivity index (χ1v) is 6.08. The van der Waals surface area contributed by atoms with Crippen molar-refractivity contribution in [2.45, 2.75) is 18.5 Å². The largest absolute Gasteiger partial charge is 0.338 e. The van der Waals surface area contributed by atoms with E-state index in [-0.39, 0.29) is 38.0 Å². The molecule has 0 bridgehead atoms. The van der Waals surface area contributed by atoms with Crippen LogP contribution >= 0.6 is 0 Å². The third-order valence-corrected chi connectivity index (χ3v) is 3.48. The van der Waals surface area contributed by atoms with Gasteiger partial charge in [-0.15, -0.1) is 0 Å². The maximum atomic E-state index is 13.9. The molecule has 1 amide bonds. The van der Waals surface area contributed by atoms with Crippen LogP contribution in [-0.2, 0) is 0 Å². The Bertz CT molecular complexity index is 485. The fourth-order valence-corrected chi connectivity index (χ4v) is 2.13. The summed E-state index contributed by atoms with van der Waals surface area (Å²) in [7, 11) is 0. The van der Waals surface area contributed by atoms with Crippen molar-refractivity contribution in [3.63, 3.8) is 0 Å². The standard InChI is InChI=1S/C13H15F3N2O/c14-10-2-1-9(7-11(10)15)12(19)18-5-3-13(16,8-17)4-6-18/h1-2,7H,3-6,8,17H2. The lowest BCUT2D eigenvalue weighted by Gasteiger charge is -2.35. The fourth-order valence-electron chi connectivity index (χ4n) is 2.13. The number of likely N-dealkylation sites (tertiary alicyclic amines) is 1. The molecule has 6 heteroatoms. The van der Waals surface area contributed by atoms with Crippen molar-refractivity contribution in [2.24, 2.45) is 5.73 Å². The zero-order valence-corrected chi connectivity index (χ0v) is 10.3. The summed E-state index contributed by atoms with van der Waals surface area (Å²) < 4.78 is 39.7. The molecule has 1 aliphatic rings. The molecule has 2 N–H and O–H groups in total. The average molecular weight is 272 g/mol. The number of carbonyl (C=O) groups is 1. The smallest absolute Gasteiger partial charge is 0.253 e. The number of nitrogens with zero attached hydrogens (tertiary/aromatic N) is 1. The average Bonchev–Trinajstić information content (AvgIpc) is 2.42. The van der Waals surface area contributed by atoms with Gasteiger partial charge in [0.1, 0.15) is 5.67 Å². The van der Waals surface area contributed by atoms with Gasteiger partial charge in [-0.25, -0.2) is 13.2 Å². The van der Waals surface area contributed by atoms with Gasteiger partial charge in [0.05, 0.1) is 0 Å². The second kappa shape index (κ2) is 5.21. The number of halogens is 3. The van der Waals surface area contributed by atoms with Crippen LogP contribution in [0.1, 0.15) is 23.2 Å². The second-order valence-electron chi connectivity index (χ2n) is 4.78. The first-order chi connectivity index (χ1) is 8.95. The van der Waals surface area contributed by atoms with Crippen LogP contribution in [0.4, 0.5) is 13.2 Å². The fraction of sp³-hybridized carbons (Fsp3) is 0.462. The lowest BCUT2D eigenvalue weighted by Crippen LogP contribution is -2.47. The van der Waals surface area contributed by atoms with Gasteiger partial charge >= 0.3 is 0 Å². The molecule has 0 aromatic heterocycles. The predicted molar refractivity (Wildman–Crippen MR) is 64.4 cm³/mol. The van der Waals surface area contributed by atoms with Gasteiger partial charge in [0.2, 0.25) is 0 Å². The molecule has 1 aromatic rings. The monoisotopic (exact) mass is 272 g/mol. The van der Waals surface area contributed by atoms with Crippen LogP contribution in [-0.4, -0.2) is 36.1 Å². The van der Waals surface area contributed by atoms with Gasteiger partial charge < -0.3 is 10.6 Å². The molecule has 3 nitrogen and oxygen atoms in total. The number of rotatable bonds is 2. The van der Waals surface area contributed by atoms with E-state index in [1.165, 1.54) is 11.0 Å². The van der Waals surface area contributed by atoms with Gasteiger partial charge in [-0.1, -0.05) is 0 Å². The molecule has 0 spiro atoms. The summed E-state index contributed by atoms with van der Waals surface area (Å²) in [4.78, 5) is 13.5. The Morgan fingerprint density at radius 2 is 1.89 bits per heavy atom. The summed E-state index contributed by atoms with van der Waals surface area (Å²) in [5.74, 6) is -2.48. The number of carbonyl (C=O) groups excluding carboxylic acids is 1. The van der Waals surface area contributed by atoms with Crippen molar-refractivity contribution in [3.05, 3.63) is 35.4 Å². The predicted octanol–water partition coefficient (Wildman–Crippen LogP) is 1.87. The highest BCUT2D eigenvalue weighted by Crippen LogP contribution is 2.26. The minimum atomic E-state index is -1.43. The molecule has 0 aliphatic carbocycles. The zero-order valence-electron chi connectivity index (χ0n) is 10.3. The summed E-state index contributed by atoms with van der Waals surface area (Å²) in [5.41, 5.74) is 3.98. The van der Waals surface area contributed by atoms with E-state index in [9.17, 15) is 18.0 Å². The van der Waals surface area contributed by atoms with Crippen LogP contribution in [0.5, 0.6) is 0 Å². The zero-order chi connectivity index (χ0) is 14.0. The summed E-state index contributed by atoms with van der Waals surface area (Å²) in [6.07, 6.45) is 0.331. The van der Waals surface area contributed by atoms with Gasteiger partial charge in [-0.2, -0.15) is 0 Å². The van der Waals surface area contributed by atoms with Crippen molar-refractivity contribution in [1.29, 1.82) is 0 Å². The molecule has 1 aromatic carbocycles. The lowest BCUT2D eigenvalue weighted by molar-refractivity contribution is 0.0468. The number of piperidine rings is 1. The third-order valence-electron chi connectivity index (χ3n) is 3.48. The Labute approximate surface area is 109 Å². The van der Waals surface area contributed by atoms with Crippen molar-refractivity contribution < 1.29 is 18.0 Å². The van der Waals surface area contributed by atoms with Gasteiger partial charge in [0, 0.05) is 38.0 Å². The van der Waals surface area contributed by atoms with Crippen LogP contribution < -0.4 is 5.73 Å². The molecular weight excluding hydrogens is 257 g/mol. The van der Waals surface area contributed by atoms with E-state index >= 15 is 0 Å². The molecule has 2 rings (SSSR count). The molecule has 1 heterocycles. The van der Waals surface area contributed by atoms with Crippen molar-refractivity contribution in [3.8, 4) is 0 Å². The van der Waals surface area contributed by atoms with Gasteiger partial charge in [0.15, 0.2) is 11.6 Å². The topological polar surface area (TPSA) is 46.3 Å². The third kappa shape index (κ3) is 2.89. The number of hydrogen-bond acceptors (Lipinski definition) is 2. The second-order valence-corrected chi connectivity index (χ2v) is 4.78. The molecular formula is C13H15F3N2O. The number of benzene rings is 1. The molecule has 1 saturated heterocycles. The number of hydrogen-bond donors (Lipinski definition) is 1. The molecule has 0 unspecified atom stereocenters. The van der Waals surface area contributed by atoms with E-state index in [0.29, 0.717) is 0 Å². The van der Waals surface area contributed by atoms with Crippen LogP contribution in [0.15, 0.2) is 18.2 Å². The molecule has 0 saturated carbocycles. The first-order valence-electron chi connectivity index (χ1n) is 6.08. The van der Waals surface area contributed by atoms with Crippen LogP contribution in [0, 0.1) is 11.6 Å². The summed E-state index contributed by atoms with van der Waals surface area (Å²) in [5, 5.41) is 0. The summed E-state index contributed by atoms with van der Waals surface area (Å²) in [6, 6.07) is 2.99. The SMILES string of the molecule is NCC1(F)CCN(C(=O)c2ccc(F)c(F)c2)CC1. The Balaban J connectivity index is 2.07. The Hall–Kier alpha value is -1.56. The lowest BCUT2D eigenvalue weighted by atomic mass is 9.93. The van der Waals surface area contributed by atoms with Crippen molar-refractivity contribution in [2.75, 3.05) is 19.6 Å². The van der Waals surface area contributed by atoms with E-state index in [0.717, 1.165) is 12.1 Å². The molecule has 19 heavy (non-hydrogen) atoms. The Morgan fingerprint density at radius 1 is 1.26 bits per heavy atom. The minimum Gasteiger partial charge on any atom is -0.338 e. The normalized spacial score (nSPS) is 18.4. The molecule has 1 fully saturated rings. The summed E-state index contributed by atoms with van der Waals surface area (Å²) >= 11 is 0. The van der Waals surface area contributed by atoms with E-state index in [1.54, 1.807) is 0 Å². The quantitative estimate of drug-likeness (QED) is 0.893. The highest BCUT2D eigenvalue weighted by atomic mass is 19.2. The van der Waals surface area contributed by atoms with Crippen LogP contribution in [0.25, 0.3) is 0 Å². The highest BCUT2D eigenvalue weighted by molar-refractivity contribution is 5.94. The van der Waals surface area contributed by atoms with E-state index in [4.69, 9.17) is 5.73 Å². The van der Waals surface area contributed by atoms with Crippen LogP contribution in [0.2, 0.25) is 0 Å². The van der Waals surface area contributed by atoms with Gasteiger partial charge in [-0.3, -0.25) is 4.79 Å². The van der Waals surface area contributed by atoms with Crippen molar-refractivity contribution >= 4 is 5.91 Å². The number of nitrogens with two attached hydrogens (primary N) is 1. The molecule has 104 valence electrons. The molecule has 1 aliphatic heterocycles. The number of alkyl halides is 1. The van der Waals surface area contributed by atoms with Crippen LogP contribution in [0.3, 0.4) is 0 Å². The van der Waals surface area contributed by atoms with E-state index < -0.39 is 23.2 Å². The maximum absolute atomic E-state index is 13.9. The molecule has 0 atom stereocenters. The maximum Gasteiger partial charge on any atom is 0.253 e. The van der Waals surface area contributed by atoms with E-state index in [1.807, 2.05) is 0 Å². The highest BCUT2D eigenvalue weighted by Gasteiger charge is 2.34. The first kappa shape index (κ1) is 13.9. The molecule has 0 radical (unpaired) electrons. The summed E-state index contributed by atoms with van der Waals surface area (Å²) in [6.45, 7) is 0.386.